The zero-order valence-electron chi connectivity index (χ0n) is 30.3. The maximum Gasteiger partial charge on any atom is 0.410 e. The molecule has 1 aliphatic carbocycles. The molecule has 2 aliphatic heterocycles. The van der Waals surface area contributed by atoms with E-state index < -0.39 is 5.60 Å². The van der Waals surface area contributed by atoms with Gasteiger partial charge in [-0.3, -0.25) is 9.59 Å². The summed E-state index contributed by atoms with van der Waals surface area (Å²) < 4.78 is 7.59. The number of amides is 3. The first kappa shape index (κ1) is 35.2. The number of anilines is 3. The van der Waals surface area contributed by atoms with Crippen molar-refractivity contribution in [2.24, 2.45) is 5.92 Å². The third kappa shape index (κ3) is 8.46. The van der Waals surface area contributed by atoms with Gasteiger partial charge in [-0.05, 0) is 82.2 Å². The van der Waals surface area contributed by atoms with Gasteiger partial charge in [-0.15, -0.1) is 0 Å². The van der Waals surface area contributed by atoms with Crippen molar-refractivity contribution in [2.75, 3.05) is 49.5 Å². The third-order valence-corrected chi connectivity index (χ3v) is 10.3. The van der Waals surface area contributed by atoms with Gasteiger partial charge in [0.15, 0.2) is 17.0 Å². The van der Waals surface area contributed by atoms with E-state index in [2.05, 4.69) is 47.2 Å². The van der Waals surface area contributed by atoms with E-state index >= 15 is 0 Å². The van der Waals surface area contributed by atoms with Crippen molar-refractivity contribution in [3.05, 3.63) is 72.8 Å². The fourth-order valence-corrected chi connectivity index (χ4v) is 7.33. The lowest BCUT2D eigenvalue weighted by atomic mass is 9.86. The highest BCUT2D eigenvalue weighted by Crippen LogP contribution is 2.35. The third-order valence-electron chi connectivity index (χ3n) is 10.3. The predicted octanol–water partition coefficient (Wildman–Crippen LogP) is 5.32. The Bertz CT molecular complexity index is 1850. The maximum atomic E-state index is 13.2. The Morgan fingerprint density at radius 2 is 1.56 bits per heavy atom. The van der Waals surface area contributed by atoms with E-state index in [4.69, 9.17) is 4.74 Å². The van der Waals surface area contributed by atoms with Crippen LogP contribution in [0.25, 0.3) is 11.2 Å². The van der Waals surface area contributed by atoms with E-state index in [9.17, 15) is 14.4 Å². The average Bonchev–Trinajstić information content (AvgIpc) is 3.54. The van der Waals surface area contributed by atoms with Crippen molar-refractivity contribution in [1.29, 1.82) is 0 Å². The van der Waals surface area contributed by atoms with Gasteiger partial charge < -0.3 is 34.6 Å². The highest BCUT2D eigenvalue weighted by atomic mass is 16.6. The smallest absolute Gasteiger partial charge is 0.410 e. The summed E-state index contributed by atoms with van der Waals surface area (Å²) >= 11 is 0. The largest absolute Gasteiger partial charge is 0.444 e. The Hall–Kier alpha value is -5.20. The molecule has 0 unspecified atom stereocenters. The SMILES string of the molecule is CC(C)(C)OC(=O)N1CCC(CC(=O)N2CCN(c3ccc(Nc4ncnc5c4ncn5C4CC(NC(=O)Cc5ccccc5)C4)cc3)CC2)CC1. The summed E-state index contributed by atoms with van der Waals surface area (Å²) in [6.07, 6.45) is 7.35. The molecule has 274 valence electrons. The number of rotatable bonds is 9. The molecule has 3 amide bonds. The molecule has 13 heteroatoms. The molecule has 2 aromatic carbocycles. The number of hydrogen-bond donors (Lipinski definition) is 2. The molecule has 52 heavy (non-hydrogen) atoms. The number of carbonyl (C=O) groups excluding carboxylic acids is 3. The van der Waals surface area contributed by atoms with E-state index in [-0.39, 0.29) is 30.0 Å². The summed E-state index contributed by atoms with van der Waals surface area (Å²) in [6.45, 7) is 9.84. The summed E-state index contributed by atoms with van der Waals surface area (Å²) in [6, 6.07) is 18.4. The number of likely N-dealkylation sites (tertiary alicyclic amines) is 1. The van der Waals surface area contributed by atoms with Gasteiger partial charge in [-0.25, -0.2) is 19.7 Å². The molecule has 0 radical (unpaired) electrons. The Kier molecular flexibility index (Phi) is 10.3. The predicted molar refractivity (Wildman–Crippen MR) is 199 cm³/mol. The van der Waals surface area contributed by atoms with Crippen LogP contribution in [0.2, 0.25) is 0 Å². The number of fused-ring (bicyclic) bond motifs is 1. The first-order valence-electron chi connectivity index (χ1n) is 18.5. The minimum absolute atomic E-state index is 0.0454. The van der Waals surface area contributed by atoms with Crippen LogP contribution in [0, 0.1) is 5.92 Å². The van der Waals surface area contributed by atoms with Gasteiger partial charge in [0.05, 0.1) is 12.7 Å². The van der Waals surface area contributed by atoms with Gasteiger partial charge in [0.1, 0.15) is 11.9 Å². The van der Waals surface area contributed by atoms with Gasteiger partial charge in [-0.1, -0.05) is 30.3 Å². The lowest BCUT2D eigenvalue weighted by molar-refractivity contribution is -0.132. The summed E-state index contributed by atoms with van der Waals surface area (Å²) in [4.78, 5) is 57.8. The van der Waals surface area contributed by atoms with Gasteiger partial charge in [-0.2, -0.15) is 0 Å². The lowest BCUT2D eigenvalue weighted by Gasteiger charge is -2.37. The van der Waals surface area contributed by atoms with Crippen molar-refractivity contribution < 1.29 is 19.1 Å². The van der Waals surface area contributed by atoms with Gasteiger partial charge in [0, 0.05) is 69.1 Å². The fourth-order valence-electron chi connectivity index (χ4n) is 7.33. The molecular formula is C39H49N9O4. The second-order valence-electron chi connectivity index (χ2n) is 15.3. The first-order valence-corrected chi connectivity index (χ1v) is 18.5. The summed E-state index contributed by atoms with van der Waals surface area (Å²) in [5.74, 6) is 1.19. The Morgan fingerprint density at radius 3 is 2.25 bits per heavy atom. The van der Waals surface area contributed by atoms with E-state index in [0.29, 0.717) is 56.3 Å². The van der Waals surface area contributed by atoms with Crippen LogP contribution < -0.4 is 15.5 Å². The molecule has 2 saturated heterocycles. The summed E-state index contributed by atoms with van der Waals surface area (Å²) in [5.41, 5.74) is 3.99. The number of ether oxygens (including phenoxy) is 1. The summed E-state index contributed by atoms with van der Waals surface area (Å²) in [5, 5.41) is 6.57. The Labute approximate surface area is 304 Å². The molecule has 3 fully saturated rings. The molecule has 4 aromatic rings. The molecule has 2 aromatic heterocycles. The van der Waals surface area contributed by atoms with E-state index in [1.54, 1.807) is 11.2 Å². The van der Waals surface area contributed by atoms with Crippen LogP contribution in [0.5, 0.6) is 0 Å². The fraction of sp³-hybridized carbons (Fsp3) is 0.487. The number of piperidine rings is 1. The second kappa shape index (κ2) is 15.2. The van der Waals surface area contributed by atoms with E-state index in [0.717, 1.165) is 61.4 Å². The van der Waals surface area contributed by atoms with Crippen LogP contribution in [0.3, 0.4) is 0 Å². The van der Waals surface area contributed by atoms with Gasteiger partial charge in [0.25, 0.3) is 0 Å². The number of nitrogens with one attached hydrogen (secondary N) is 2. The number of carbonyl (C=O) groups is 3. The van der Waals surface area contributed by atoms with Crippen LogP contribution in [-0.2, 0) is 20.7 Å². The van der Waals surface area contributed by atoms with Crippen LogP contribution in [-0.4, -0.2) is 98.1 Å². The molecule has 4 heterocycles. The molecular weight excluding hydrogens is 658 g/mol. The number of piperazine rings is 1. The maximum absolute atomic E-state index is 13.2. The zero-order valence-corrected chi connectivity index (χ0v) is 30.3. The lowest BCUT2D eigenvalue weighted by Crippen LogP contribution is -2.49. The molecule has 0 atom stereocenters. The van der Waals surface area contributed by atoms with Crippen LogP contribution in [0.4, 0.5) is 22.0 Å². The summed E-state index contributed by atoms with van der Waals surface area (Å²) in [7, 11) is 0. The molecule has 0 bridgehead atoms. The Balaban J connectivity index is 0.861. The standard InChI is InChI=1S/C39H49N9O4/c1-39(2,3)52-38(51)47-15-13-28(14-16-47)22-34(50)46-19-17-45(18-20-46)31-11-9-29(10-12-31)44-36-35-37(41-25-40-36)48(26-42-35)32-23-30(24-32)43-33(49)21-27-7-5-4-6-8-27/h4-12,25-26,28,30,32H,13-24H2,1-3H3,(H,43,49)(H,40,41,44). The van der Waals surface area contributed by atoms with Crippen molar-refractivity contribution in [2.45, 2.75) is 77.0 Å². The molecule has 3 aliphatic rings. The Morgan fingerprint density at radius 1 is 0.846 bits per heavy atom. The molecule has 1 saturated carbocycles. The van der Waals surface area contributed by atoms with Crippen molar-refractivity contribution in [3.63, 3.8) is 0 Å². The number of hydrogen-bond acceptors (Lipinski definition) is 9. The number of benzene rings is 2. The second-order valence-corrected chi connectivity index (χ2v) is 15.3. The highest BCUT2D eigenvalue weighted by Gasteiger charge is 2.33. The highest BCUT2D eigenvalue weighted by molar-refractivity contribution is 5.85. The molecule has 7 rings (SSSR count). The first-order chi connectivity index (χ1) is 25.1. The van der Waals surface area contributed by atoms with Crippen molar-refractivity contribution in [1.82, 2.24) is 34.6 Å². The number of nitrogens with zero attached hydrogens (tertiary/aromatic N) is 7. The van der Waals surface area contributed by atoms with Crippen molar-refractivity contribution >= 4 is 46.3 Å². The average molecular weight is 708 g/mol. The van der Waals surface area contributed by atoms with E-state index in [1.165, 1.54) is 0 Å². The van der Waals surface area contributed by atoms with Crippen molar-refractivity contribution in [3.8, 4) is 0 Å². The van der Waals surface area contributed by atoms with E-state index in [1.807, 2.05) is 74.5 Å². The minimum atomic E-state index is -0.505. The molecule has 0 spiro atoms. The van der Waals surface area contributed by atoms with Gasteiger partial charge >= 0.3 is 6.09 Å². The molecule has 13 nitrogen and oxygen atoms in total. The van der Waals surface area contributed by atoms with Crippen LogP contribution >= 0.6 is 0 Å². The monoisotopic (exact) mass is 707 g/mol. The molecule has 2 N–H and O–H groups in total. The normalized spacial score (nSPS) is 19.6. The van der Waals surface area contributed by atoms with Crippen LogP contribution in [0.15, 0.2) is 67.3 Å². The van der Waals surface area contributed by atoms with Crippen LogP contribution in [0.1, 0.15) is 64.5 Å². The minimum Gasteiger partial charge on any atom is -0.444 e. The number of aromatic nitrogens is 4. The van der Waals surface area contributed by atoms with Gasteiger partial charge in [0.2, 0.25) is 11.8 Å². The zero-order chi connectivity index (χ0) is 36.2. The number of imidazole rings is 1. The quantitative estimate of drug-likeness (QED) is 0.237. The topological polar surface area (TPSA) is 138 Å².